The predicted molar refractivity (Wildman–Crippen MR) is 226 cm³/mol. The zero-order valence-electron chi connectivity index (χ0n) is 28.9. The number of hydrogen-bond donors (Lipinski definition) is 0. The van der Waals surface area contributed by atoms with Crippen molar-refractivity contribution in [1.82, 2.24) is 9.97 Å². The van der Waals surface area contributed by atoms with E-state index in [-0.39, 0.29) is 0 Å². The Morgan fingerprint density at radius 3 is 1.68 bits per heavy atom. The molecule has 0 radical (unpaired) electrons. The van der Waals surface area contributed by atoms with E-state index in [1.54, 1.807) is 0 Å². The number of nitrogens with zero attached hydrogens (tertiary/aromatic N) is 2. The van der Waals surface area contributed by atoms with Crippen LogP contribution in [0.4, 0.5) is 0 Å². The molecule has 2 nitrogen and oxygen atoms in total. The van der Waals surface area contributed by atoms with Crippen LogP contribution in [0.2, 0.25) is 0 Å². The van der Waals surface area contributed by atoms with Crippen LogP contribution in [0.15, 0.2) is 194 Å². The van der Waals surface area contributed by atoms with Crippen molar-refractivity contribution >= 4 is 72.2 Å². The van der Waals surface area contributed by atoms with Crippen LogP contribution in [0.3, 0.4) is 0 Å². The van der Waals surface area contributed by atoms with Gasteiger partial charge in [0.25, 0.3) is 0 Å². The number of hydrogen-bond acceptors (Lipinski definition) is 2. The molecule has 1 aliphatic rings. The third-order valence-electron chi connectivity index (χ3n) is 11.4. The van der Waals surface area contributed by atoms with Crippen LogP contribution in [0, 0.1) is 0 Å². The Labute approximate surface area is 308 Å². The molecule has 0 saturated heterocycles. The normalized spacial score (nSPS) is 13.1. The Kier molecular flexibility index (Phi) is 6.61. The van der Waals surface area contributed by atoms with Gasteiger partial charge in [-0.15, -0.1) is 0 Å². The molecular weight excluding hydrogens is 657 g/mol. The van der Waals surface area contributed by atoms with Crippen molar-refractivity contribution in [2.75, 3.05) is 0 Å². The average Bonchev–Trinajstić information content (AvgIpc) is 3.54. The molecule has 246 valence electrons. The maximum absolute atomic E-state index is 5.11. The molecule has 1 aliphatic heterocycles. The van der Waals surface area contributed by atoms with E-state index in [4.69, 9.17) is 4.98 Å². The summed E-state index contributed by atoms with van der Waals surface area (Å²) in [5.74, 6) is 0. The molecular formula is C50H32N2Si. The third-order valence-corrected chi connectivity index (χ3v) is 16.2. The number of pyridine rings is 2. The second-order valence-electron chi connectivity index (χ2n) is 14.1. The van der Waals surface area contributed by atoms with Crippen molar-refractivity contribution in [3.8, 4) is 33.5 Å². The minimum absolute atomic E-state index is 0.940. The number of fused-ring (bicyclic) bond motifs is 9. The van der Waals surface area contributed by atoms with Gasteiger partial charge in [0.1, 0.15) is 0 Å². The summed E-state index contributed by atoms with van der Waals surface area (Å²) in [6, 6.07) is 69.5. The molecule has 0 amide bonds. The van der Waals surface area contributed by atoms with Gasteiger partial charge in [0.2, 0.25) is 0 Å². The fourth-order valence-electron chi connectivity index (χ4n) is 8.92. The van der Waals surface area contributed by atoms with Crippen LogP contribution in [0.25, 0.3) is 76.9 Å². The van der Waals surface area contributed by atoms with Crippen LogP contribution >= 0.6 is 0 Å². The topological polar surface area (TPSA) is 25.8 Å². The molecule has 0 unspecified atom stereocenters. The standard InChI is InChI=1S/C50H32N2Si/c1-3-11-40(12-4-1)53(41-13-5-2-6-14-41)47-16-8-7-15-44(47)45-32-36(24-28-48(45)53)35-21-25-42-37(30-35)19-20-38-31-39(22-26-43(38)42)46-27-23-34-18-17-33-10-9-29-51-49(33)50(34)52-46/h1-32H. The van der Waals surface area contributed by atoms with Crippen molar-refractivity contribution in [2.24, 2.45) is 0 Å². The summed E-state index contributed by atoms with van der Waals surface area (Å²) in [6.45, 7) is 0. The first-order valence-corrected chi connectivity index (χ1v) is 20.2. The minimum Gasteiger partial charge on any atom is -0.254 e. The Balaban J connectivity index is 1.01. The highest BCUT2D eigenvalue weighted by Crippen LogP contribution is 2.36. The van der Waals surface area contributed by atoms with Gasteiger partial charge in [-0.2, -0.15) is 0 Å². The first kappa shape index (κ1) is 30.0. The first-order chi connectivity index (χ1) is 26.3. The summed E-state index contributed by atoms with van der Waals surface area (Å²) >= 11 is 0. The molecule has 0 aliphatic carbocycles. The molecule has 8 aromatic carbocycles. The van der Waals surface area contributed by atoms with Crippen molar-refractivity contribution in [2.45, 2.75) is 0 Å². The second kappa shape index (κ2) is 11.7. The Bertz CT molecular complexity index is 3020. The average molecular weight is 689 g/mol. The molecule has 0 atom stereocenters. The molecule has 11 rings (SSSR count). The summed E-state index contributed by atoms with van der Waals surface area (Å²) in [5.41, 5.74) is 9.13. The molecule has 53 heavy (non-hydrogen) atoms. The highest BCUT2D eigenvalue weighted by Gasteiger charge is 2.48. The SMILES string of the molecule is c1ccc([Si]2(c3ccccc3)c3ccccc3-c3cc(-c4ccc5c(ccc6cc(-c7ccc8ccc9cccnc9c8n7)ccc65)c4)ccc32)cc1. The van der Waals surface area contributed by atoms with Gasteiger partial charge >= 0.3 is 0 Å². The molecule has 10 aromatic rings. The van der Waals surface area contributed by atoms with Crippen LogP contribution in [0.5, 0.6) is 0 Å². The van der Waals surface area contributed by atoms with Gasteiger partial charge in [0.15, 0.2) is 8.07 Å². The molecule has 0 N–H and O–H groups in total. The van der Waals surface area contributed by atoms with Gasteiger partial charge in [0.05, 0.1) is 16.7 Å². The minimum atomic E-state index is -2.49. The van der Waals surface area contributed by atoms with E-state index in [0.29, 0.717) is 0 Å². The lowest BCUT2D eigenvalue weighted by atomic mass is 9.94. The Morgan fingerprint density at radius 2 is 0.925 bits per heavy atom. The maximum atomic E-state index is 5.11. The second-order valence-corrected chi connectivity index (χ2v) is 17.9. The van der Waals surface area contributed by atoms with Gasteiger partial charge in [-0.1, -0.05) is 158 Å². The summed E-state index contributed by atoms with van der Waals surface area (Å²) in [4.78, 5) is 9.76. The largest absolute Gasteiger partial charge is 0.254 e. The fourth-order valence-corrected chi connectivity index (χ4v) is 14.1. The zero-order chi connectivity index (χ0) is 34.9. The molecule has 3 heteroatoms. The fraction of sp³-hybridized carbons (Fsp3) is 0. The quantitative estimate of drug-likeness (QED) is 0.136. The van der Waals surface area contributed by atoms with Crippen LogP contribution < -0.4 is 20.7 Å². The van der Waals surface area contributed by atoms with Crippen molar-refractivity contribution in [3.05, 3.63) is 194 Å². The maximum Gasteiger partial charge on any atom is 0.180 e. The van der Waals surface area contributed by atoms with Gasteiger partial charge in [0, 0.05) is 22.5 Å². The summed E-state index contributed by atoms with van der Waals surface area (Å²) < 4.78 is 0. The molecule has 0 saturated carbocycles. The molecule has 0 fully saturated rings. The van der Waals surface area contributed by atoms with E-state index in [1.165, 1.54) is 64.5 Å². The van der Waals surface area contributed by atoms with Gasteiger partial charge in [-0.05, 0) is 94.9 Å². The highest BCUT2D eigenvalue weighted by molar-refractivity contribution is 7.22. The lowest BCUT2D eigenvalue weighted by molar-refractivity contribution is 1.37. The van der Waals surface area contributed by atoms with Crippen molar-refractivity contribution < 1.29 is 0 Å². The third kappa shape index (κ3) is 4.51. The van der Waals surface area contributed by atoms with E-state index in [9.17, 15) is 0 Å². The summed E-state index contributed by atoms with van der Waals surface area (Å²) in [6.07, 6.45) is 1.84. The lowest BCUT2D eigenvalue weighted by Gasteiger charge is -2.31. The Hall–Kier alpha value is -6.68. The molecule has 3 heterocycles. The molecule has 0 bridgehead atoms. The number of benzene rings is 8. The van der Waals surface area contributed by atoms with Crippen LogP contribution in [-0.4, -0.2) is 18.0 Å². The molecule has 0 spiro atoms. The highest BCUT2D eigenvalue weighted by atomic mass is 28.3. The van der Waals surface area contributed by atoms with Gasteiger partial charge in [-0.25, -0.2) is 4.98 Å². The van der Waals surface area contributed by atoms with E-state index in [0.717, 1.165) is 33.1 Å². The monoisotopic (exact) mass is 688 g/mol. The van der Waals surface area contributed by atoms with Gasteiger partial charge < -0.3 is 0 Å². The van der Waals surface area contributed by atoms with E-state index in [1.807, 2.05) is 12.3 Å². The lowest BCUT2D eigenvalue weighted by Crippen LogP contribution is -2.72. The Morgan fingerprint density at radius 1 is 0.358 bits per heavy atom. The van der Waals surface area contributed by atoms with Crippen molar-refractivity contribution in [3.63, 3.8) is 0 Å². The smallest absolute Gasteiger partial charge is 0.180 e. The summed E-state index contributed by atoms with van der Waals surface area (Å²) in [7, 11) is -2.49. The van der Waals surface area contributed by atoms with Crippen molar-refractivity contribution in [1.29, 1.82) is 0 Å². The van der Waals surface area contributed by atoms with E-state index >= 15 is 0 Å². The van der Waals surface area contributed by atoms with Crippen LogP contribution in [-0.2, 0) is 0 Å². The summed E-state index contributed by atoms with van der Waals surface area (Å²) in [5, 5.41) is 12.9. The van der Waals surface area contributed by atoms with Crippen LogP contribution in [0.1, 0.15) is 0 Å². The number of aromatic nitrogens is 2. The zero-order valence-corrected chi connectivity index (χ0v) is 29.9. The van der Waals surface area contributed by atoms with E-state index in [2.05, 4.69) is 187 Å². The predicted octanol–water partition coefficient (Wildman–Crippen LogP) is 9.78. The number of rotatable bonds is 4. The van der Waals surface area contributed by atoms with E-state index < -0.39 is 8.07 Å². The first-order valence-electron chi connectivity index (χ1n) is 18.2. The van der Waals surface area contributed by atoms with Gasteiger partial charge in [-0.3, -0.25) is 4.98 Å². The molecule has 2 aromatic heterocycles.